The summed E-state index contributed by atoms with van der Waals surface area (Å²) in [5.41, 5.74) is 2.88. The first kappa shape index (κ1) is 15.1. The van der Waals surface area contributed by atoms with Crippen molar-refractivity contribution in [1.29, 1.82) is 0 Å². The number of nitrogens with zero attached hydrogens (tertiary/aromatic N) is 2. The number of hydrogen-bond acceptors (Lipinski definition) is 5. The molecule has 0 fully saturated rings. The van der Waals surface area contributed by atoms with Crippen LogP contribution in [0.4, 0.5) is 5.82 Å². The van der Waals surface area contributed by atoms with E-state index in [2.05, 4.69) is 29.1 Å². The van der Waals surface area contributed by atoms with Crippen LogP contribution in [-0.2, 0) is 0 Å². The number of benzene rings is 1. The molecule has 0 radical (unpaired) electrons. The van der Waals surface area contributed by atoms with Gasteiger partial charge in [0.15, 0.2) is 0 Å². The van der Waals surface area contributed by atoms with E-state index in [1.807, 2.05) is 25.2 Å². The molecular weight excluding hydrogens is 266 g/mol. The second kappa shape index (κ2) is 6.43. The van der Waals surface area contributed by atoms with E-state index in [-0.39, 0.29) is 5.92 Å². The van der Waals surface area contributed by atoms with Crippen LogP contribution in [0.15, 0.2) is 24.5 Å². The molecule has 1 aromatic heterocycles. The third-order valence-corrected chi connectivity index (χ3v) is 3.36. The molecule has 112 valence electrons. The van der Waals surface area contributed by atoms with Gasteiger partial charge in [0.25, 0.3) is 0 Å². The van der Waals surface area contributed by atoms with Crippen LogP contribution in [0.5, 0.6) is 11.5 Å². The minimum Gasteiger partial charge on any atom is -0.497 e. The molecule has 0 atom stereocenters. The Labute approximate surface area is 125 Å². The minimum absolute atomic E-state index is 0.287. The van der Waals surface area contributed by atoms with E-state index in [9.17, 15) is 0 Å². The van der Waals surface area contributed by atoms with E-state index in [4.69, 9.17) is 9.47 Å². The Balaban J connectivity index is 2.66. The van der Waals surface area contributed by atoms with Crippen molar-refractivity contribution < 1.29 is 9.47 Å². The van der Waals surface area contributed by atoms with Gasteiger partial charge in [-0.3, -0.25) is 0 Å². The molecule has 0 saturated carbocycles. The van der Waals surface area contributed by atoms with Crippen LogP contribution >= 0.6 is 0 Å². The lowest BCUT2D eigenvalue weighted by molar-refractivity contribution is 0.395. The summed E-state index contributed by atoms with van der Waals surface area (Å²) < 4.78 is 10.7. The van der Waals surface area contributed by atoms with Gasteiger partial charge in [0.1, 0.15) is 23.6 Å². The van der Waals surface area contributed by atoms with Gasteiger partial charge < -0.3 is 14.8 Å². The second-order valence-corrected chi connectivity index (χ2v) is 4.96. The fraction of sp³-hybridized carbons (Fsp3) is 0.375. The summed E-state index contributed by atoms with van der Waals surface area (Å²) in [6.45, 7) is 4.25. The maximum absolute atomic E-state index is 5.49. The smallest absolute Gasteiger partial charge is 0.133 e. The lowest BCUT2D eigenvalue weighted by Gasteiger charge is -2.17. The standard InChI is InChI=1S/C16H21N3O2/c1-10(2)14-15(18-9-19-16(14)17-3)12-7-6-11(20-4)8-13(12)21-5/h6-10H,1-5H3,(H,17,18,19). The van der Waals surface area contributed by atoms with Gasteiger partial charge in [0, 0.05) is 24.2 Å². The van der Waals surface area contributed by atoms with Gasteiger partial charge in [-0.2, -0.15) is 0 Å². The molecule has 21 heavy (non-hydrogen) atoms. The Morgan fingerprint density at radius 1 is 1.10 bits per heavy atom. The lowest BCUT2D eigenvalue weighted by atomic mass is 9.96. The highest BCUT2D eigenvalue weighted by Gasteiger charge is 2.18. The van der Waals surface area contributed by atoms with Gasteiger partial charge in [0.05, 0.1) is 19.9 Å². The van der Waals surface area contributed by atoms with Gasteiger partial charge in [0.2, 0.25) is 0 Å². The van der Waals surface area contributed by atoms with Crippen LogP contribution in [0.1, 0.15) is 25.3 Å². The van der Waals surface area contributed by atoms with Crippen molar-refractivity contribution in [2.24, 2.45) is 0 Å². The fourth-order valence-corrected chi connectivity index (χ4v) is 2.35. The molecule has 0 aliphatic rings. The van der Waals surface area contributed by atoms with Crippen LogP contribution in [-0.4, -0.2) is 31.2 Å². The van der Waals surface area contributed by atoms with Gasteiger partial charge in [-0.05, 0) is 18.1 Å². The molecule has 0 bridgehead atoms. The molecule has 1 heterocycles. The predicted molar refractivity (Wildman–Crippen MR) is 84.2 cm³/mol. The largest absolute Gasteiger partial charge is 0.497 e. The topological polar surface area (TPSA) is 56.3 Å². The molecule has 0 aliphatic heterocycles. The van der Waals surface area contributed by atoms with E-state index in [0.717, 1.165) is 34.1 Å². The molecule has 5 heteroatoms. The number of nitrogens with one attached hydrogen (secondary N) is 1. The molecule has 1 N–H and O–H groups in total. The zero-order valence-corrected chi connectivity index (χ0v) is 13.1. The molecule has 1 aromatic carbocycles. The monoisotopic (exact) mass is 287 g/mol. The van der Waals surface area contributed by atoms with E-state index in [0.29, 0.717) is 0 Å². The molecule has 2 aromatic rings. The van der Waals surface area contributed by atoms with Crippen molar-refractivity contribution >= 4 is 5.82 Å². The summed E-state index contributed by atoms with van der Waals surface area (Å²) in [6.07, 6.45) is 1.57. The van der Waals surface area contributed by atoms with Crippen molar-refractivity contribution in [2.45, 2.75) is 19.8 Å². The number of methoxy groups -OCH3 is 2. The zero-order chi connectivity index (χ0) is 15.4. The van der Waals surface area contributed by atoms with Crippen molar-refractivity contribution in [1.82, 2.24) is 9.97 Å². The maximum Gasteiger partial charge on any atom is 0.133 e. The third-order valence-electron chi connectivity index (χ3n) is 3.36. The summed E-state index contributed by atoms with van der Waals surface area (Å²) in [5.74, 6) is 2.62. The molecule has 0 saturated heterocycles. The van der Waals surface area contributed by atoms with Gasteiger partial charge in [-0.25, -0.2) is 9.97 Å². The number of hydrogen-bond donors (Lipinski definition) is 1. The van der Waals surface area contributed by atoms with Crippen LogP contribution in [0.2, 0.25) is 0 Å². The summed E-state index contributed by atoms with van der Waals surface area (Å²) in [5, 5.41) is 3.13. The number of aromatic nitrogens is 2. The second-order valence-electron chi connectivity index (χ2n) is 4.96. The molecule has 0 spiro atoms. The van der Waals surface area contributed by atoms with E-state index in [1.165, 1.54) is 0 Å². The average molecular weight is 287 g/mol. The van der Waals surface area contributed by atoms with E-state index < -0.39 is 0 Å². The Kier molecular flexibility index (Phi) is 4.62. The third kappa shape index (κ3) is 2.91. The normalized spacial score (nSPS) is 10.6. The van der Waals surface area contributed by atoms with Gasteiger partial charge in [-0.15, -0.1) is 0 Å². The summed E-state index contributed by atoms with van der Waals surface area (Å²) in [6, 6.07) is 5.73. The Hall–Kier alpha value is -2.30. The van der Waals surface area contributed by atoms with Crippen LogP contribution in [0.25, 0.3) is 11.3 Å². The minimum atomic E-state index is 0.287. The average Bonchev–Trinajstić information content (AvgIpc) is 2.53. The molecule has 5 nitrogen and oxygen atoms in total. The quantitative estimate of drug-likeness (QED) is 0.914. The first-order valence-electron chi connectivity index (χ1n) is 6.87. The van der Waals surface area contributed by atoms with Crippen molar-refractivity contribution in [3.63, 3.8) is 0 Å². The highest BCUT2D eigenvalue weighted by molar-refractivity contribution is 5.75. The molecule has 2 rings (SSSR count). The Morgan fingerprint density at radius 3 is 2.43 bits per heavy atom. The molecule has 0 amide bonds. The number of rotatable bonds is 5. The van der Waals surface area contributed by atoms with Crippen molar-refractivity contribution in [3.05, 3.63) is 30.1 Å². The summed E-state index contributed by atoms with van der Waals surface area (Å²) >= 11 is 0. The van der Waals surface area contributed by atoms with Gasteiger partial charge >= 0.3 is 0 Å². The highest BCUT2D eigenvalue weighted by atomic mass is 16.5. The summed E-state index contributed by atoms with van der Waals surface area (Å²) in [7, 11) is 5.15. The lowest BCUT2D eigenvalue weighted by Crippen LogP contribution is -2.05. The first-order chi connectivity index (χ1) is 10.1. The predicted octanol–water partition coefficient (Wildman–Crippen LogP) is 3.33. The van der Waals surface area contributed by atoms with Crippen molar-refractivity contribution in [2.75, 3.05) is 26.6 Å². The summed E-state index contributed by atoms with van der Waals surface area (Å²) in [4.78, 5) is 8.78. The highest BCUT2D eigenvalue weighted by Crippen LogP contribution is 2.38. The molecule has 0 unspecified atom stereocenters. The Bertz CT molecular complexity index is 627. The maximum atomic E-state index is 5.49. The SMILES string of the molecule is CNc1ncnc(-c2ccc(OC)cc2OC)c1C(C)C. The fourth-order valence-electron chi connectivity index (χ4n) is 2.35. The van der Waals surface area contributed by atoms with E-state index in [1.54, 1.807) is 20.5 Å². The first-order valence-corrected chi connectivity index (χ1v) is 6.87. The molecule has 0 aliphatic carbocycles. The number of ether oxygens (including phenoxy) is 2. The molecular formula is C16H21N3O2. The van der Waals surface area contributed by atoms with E-state index >= 15 is 0 Å². The Morgan fingerprint density at radius 2 is 1.86 bits per heavy atom. The van der Waals surface area contributed by atoms with Crippen LogP contribution < -0.4 is 14.8 Å². The van der Waals surface area contributed by atoms with Crippen LogP contribution in [0, 0.1) is 0 Å². The number of anilines is 1. The van der Waals surface area contributed by atoms with Gasteiger partial charge in [-0.1, -0.05) is 13.8 Å². The zero-order valence-electron chi connectivity index (χ0n) is 13.1. The van der Waals surface area contributed by atoms with Crippen molar-refractivity contribution in [3.8, 4) is 22.8 Å². The van der Waals surface area contributed by atoms with Crippen LogP contribution in [0.3, 0.4) is 0 Å².